The van der Waals surface area contributed by atoms with Crippen molar-refractivity contribution in [1.82, 2.24) is 15.5 Å². The molecule has 1 aliphatic rings. The molecule has 1 aliphatic carbocycles. The number of aromatic nitrogens is 2. The smallest absolute Gasteiger partial charge is 0.412 e. The van der Waals surface area contributed by atoms with Crippen molar-refractivity contribution in [2.75, 3.05) is 19.4 Å². The second kappa shape index (κ2) is 8.53. The van der Waals surface area contributed by atoms with Crippen LogP contribution in [0.2, 0.25) is 0 Å². The first-order valence-corrected chi connectivity index (χ1v) is 9.10. The summed E-state index contributed by atoms with van der Waals surface area (Å²) in [7, 11) is 1.16. The van der Waals surface area contributed by atoms with Crippen molar-refractivity contribution in [3.8, 4) is 5.75 Å². The van der Waals surface area contributed by atoms with E-state index in [0.29, 0.717) is 11.5 Å². The number of nitrogens with zero attached hydrogens (tertiary/aromatic N) is 1. The van der Waals surface area contributed by atoms with E-state index in [2.05, 4.69) is 20.3 Å². The van der Waals surface area contributed by atoms with Crippen LogP contribution in [0.5, 0.6) is 5.75 Å². The van der Waals surface area contributed by atoms with Crippen molar-refractivity contribution in [3.63, 3.8) is 0 Å². The molecule has 1 aromatic carbocycles. The molecule has 9 nitrogen and oxygen atoms in total. The van der Waals surface area contributed by atoms with Crippen molar-refractivity contribution in [2.45, 2.75) is 0 Å². The van der Waals surface area contributed by atoms with Crippen molar-refractivity contribution in [1.29, 1.82) is 0 Å². The summed E-state index contributed by atoms with van der Waals surface area (Å²) in [4.78, 5) is 48.4. The minimum absolute atomic E-state index is 0.0988. The van der Waals surface area contributed by atoms with Gasteiger partial charge in [-0.15, -0.1) is 11.8 Å². The molecule has 0 bridgehead atoms. The molecule has 1 heterocycles. The van der Waals surface area contributed by atoms with E-state index in [1.54, 1.807) is 30.3 Å². The lowest BCUT2D eigenvalue weighted by molar-refractivity contribution is 0.0591. The third-order valence-corrected chi connectivity index (χ3v) is 4.71. The number of carbonyl (C=O) groups is 4. The number of H-pyrrole nitrogens is 1. The Morgan fingerprint density at radius 1 is 1.21 bits per heavy atom. The molecule has 3 rings (SSSR count). The number of carbonyl (C=O) groups excluding carboxylic acids is 4. The van der Waals surface area contributed by atoms with Gasteiger partial charge in [0.1, 0.15) is 11.4 Å². The first kappa shape index (κ1) is 19.4. The number of rotatable bonds is 6. The van der Waals surface area contributed by atoms with Gasteiger partial charge in [0.15, 0.2) is 5.69 Å². The third kappa shape index (κ3) is 4.12. The molecular weight excluding hydrogens is 386 g/mol. The van der Waals surface area contributed by atoms with E-state index < -0.39 is 23.6 Å². The zero-order chi connectivity index (χ0) is 20.1. The number of hydrogen-bond acceptors (Lipinski definition) is 8. The number of nitrogens with one attached hydrogen (secondary N) is 2. The summed E-state index contributed by atoms with van der Waals surface area (Å²) in [5.74, 6) is -1.05. The average molecular weight is 401 g/mol. The molecule has 28 heavy (non-hydrogen) atoms. The van der Waals surface area contributed by atoms with E-state index in [9.17, 15) is 19.2 Å². The summed E-state index contributed by atoms with van der Waals surface area (Å²) in [5.41, 5.74) is -0.371. The maximum atomic E-state index is 12.6. The molecule has 2 N–H and O–H groups in total. The van der Waals surface area contributed by atoms with E-state index >= 15 is 0 Å². The van der Waals surface area contributed by atoms with Crippen molar-refractivity contribution >= 4 is 35.4 Å². The first-order chi connectivity index (χ1) is 13.5. The number of hydrogen-bond donors (Lipinski definition) is 2. The summed E-state index contributed by atoms with van der Waals surface area (Å²) in [6.45, 7) is 0.206. The number of ketones is 2. The van der Waals surface area contributed by atoms with E-state index in [1.807, 2.05) is 0 Å². The number of methoxy groups -OCH3 is 1. The SMILES string of the molecule is COC(=O)c1[nH]nc2c1C(=O)C(SCCNC(=O)Oc1ccccc1)=CC2=O. The lowest BCUT2D eigenvalue weighted by Gasteiger charge is -2.12. The minimum Gasteiger partial charge on any atom is -0.464 e. The van der Waals surface area contributed by atoms with Crippen LogP contribution in [0.25, 0.3) is 0 Å². The first-order valence-electron chi connectivity index (χ1n) is 8.12. The van der Waals surface area contributed by atoms with Crippen LogP contribution in [0.1, 0.15) is 31.3 Å². The van der Waals surface area contributed by atoms with Crippen LogP contribution >= 0.6 is 11.8 Å². The van der Waals surface area contributed by atoms with Crippen LogP contribution in [0, 0.1) is 0 Å². The maximum Gasteiger partial charge on any atom is 0.412 e. The lowest BCUT2D eigenvalue weighted by atomic mass is 9.99. The van der Waals surface area contributed by atoms with Gasteiger partial charge in [-0.25, -0.2) is 9.59 Å². The Morgan fingerprint density at radius 3 is 2.68 bits per heavy atom. The molecular formula is C18H15N3O6S. The summed E-state index contributed by atoms with van der Waals surface area (Å²) < 4.78 is 9.67. The molecule has 0 atom stereocenters. The van der Waals surface area contributed by atoms with Crippen molar-refractivity contribution in [2.24, 2.45) is 0 Å². The number of benzene rings is 1. The molecule has 1 amide bonds. The normalized spacial score (nSPS) is 12.8. The highest BCUT2D eigenvalue weighted by Gasteiger charge is 2.34. The Balaban J connectivity index is 1.56. The number of esters is 1. The molecule has 0 saturated carbocycles. The third-order valence-electron chi connectivity index (χ3n) is 3.68. The second-order valence-electron chi connectivity index (χ2n) is 5.49. The van der Waals surface area contributed by atoms with Crippen LogP contribution in [0.4, 0.5) is 4.79 Å². The van der Waals surface area contributed by atoms with E-state index in [-0.39, 0.29) is 28.4 Å². The molecule has 0 radical (unpaired) electrons. The fraction of sp³-hybridized carbons (Fsp3) is 0.167. The summed E-state index contributed by atoms with van der Waals surface area (Å²) in [5, 5.41) is 8.65. The Labute approximate surface area is 163 Å². The van der Waals surface area contributed by atoms with Gasteiger partial charge in [-0.3, -0.25) is 14.7 Å². The van der Waals surface area contributed by atoms with Crippen LogP contribution in [0.3, 0.4) is 0 Å². The fourth-order valence-electron chi connectivity index (χ4n) is 2.42. The largest absolute Gasteiger partial charge is 0.464 e. The highest BCUT2D eigenvalue weighted by atomic mass is 32.2. The number of allylic oxidation sites excluding steroid dienone is 2. The van der Waals surface area contributed by atoms with Crippen LogP contribution < -0.4 is 10.1 Å². The molecule has 2 aromatic rings. The van der Waals surface area contributed by atoms with Crippen LogP contribution in [0.15, 0.2) is 41.3 Å². The number of thioether (sulfide) groups is 1. The molecule has 0 fully saturated rings. The van der Waals surface area contributed by atoms with Crippen molar-refractivity contribution in [3.05, 3.63) is 58.3 Å². The number of amides is 1. The number of ether oxygens (including phenoxy) is 2. The number of para-hydroxylation sites is 1. The van der Waals surface area contributed by atoms with Gasteiger partial charge in [-0.2, -0.15) is 5.10 Å². The quantitative estimate of drug-likeness (QED) is 0.556. The topological polar surface area (TPSA) is 127 Å². The monoisotopic (exact) mass is 401 g/mol. The van der Waals surface area contributed by atoms with Gasteiger partial charge in [0.2, 0.25) is 11.6 Å². The zero-order valence-electron chi connectivity index (χ0n) is 14.7. The van der Waals surface area contributed by atoms with Gasteiger partial charge in [0, 0.05) is 18.4 Å². The maximum absolute atomic E-state index is 12.6. The van der Waals surface area contributed by atoms with E-state index in [4.69, 9.17) is 4.74 Å². The zero-order valence-corrected chi connectivity index (χ0v) is 15.5. The Bertz CT molecular complexity index is 967. The van der Waals surface area contributed by atoms with E-state index in [0.717, 1.165) is 18.9 Å². The lowest BCUT2D eigenvalue weighted by Crippen LogP contribution is -2.29. The van der Waals surface area contributed by atoms with Gasteiger partial charge >= 0.3 is 12.1 Å². The molecule has 0 saturated heterocycles. The average Bonchev–Trinajstić information content (AvgIpc) is 3.15. The molecule has 0 spiro atoms. The van der Waals surface area contributed by atoms with Gasteiger partial charge < -0.3 is 14.8 Å². The molecule has 10 heteroatoms. The van der Waals surface area contributed by atoms with Gasteiger partial charge in [-0.1, -0.05) is 18.2 Å². The second-order valence-corrected chi connectivity index (χ2v) is 6.63. The highest BCUT2D eigenvalue weighted by Crippen LogP contribution is 2.29. The number of Topliss-reactive ketones (excluding diaryl/α,β-unsaturated/α-hetero) is 1. The number of fused-ring (bicyclic) bond motifs is 1. The van der Waals surface area contributed by atoms with Crippen LogP contribution in [-0.4, -0.2) is 53.2 Å². The van der Waals surface area contributed by atoms with Crippen molar-refractivity contribution < 1.29 is 28.7 Å². The predicted molar refractivity (Wildman–Crippen MR) is 99.6 cm³/mol. The molecule has 1 aromatic heterocycles. The summed E-state index contributed by atoms with van der Waals surface area (Å²) >= 11 is 1.08. The summed E-state index contributed by atoms with van der Waals surface area (Å²) in [6, 6.07) is 8.57. The van der Waals surface area contributed by atoms with Gasteiger partial charge in [0.25, 0.3) is 0 Å². The Kier molecular flexibility index (Phi) is 5.90. The predicted octanol–water partition coefficient (Wildman–Crippen LogP) is 1.98. The Hall–Kier alpha value is -3.40. The van der Waals surface area contributed by atoms with Gasteiger partial charge in [0.05, 0.1) is 17.6 Å². The standard InChI is InChI=1S/C18H15N3O6S/c1-26-17(24)15-13-14(20-21-15)11(22)9-12(16(13)23)28-8-7-19-18(25)27-10-5-3-2-4-6-10/h2-6,9H,7-8H2,1H3,(H,19,25)(H,20,21). The molecule has 0 aliphatic heterocycles. The molecule has 144 valence electrons. The van der Waals surface area contributed by atoms with Crippen LogP contribution in [-0.2, 0) is 4.74 Å². The number of aromatic amines is 1. The van der Waals surface area contributed by atoms with E-state index in [1.165, 1.54) is 6.08 Å². The molecule has 0 unspecified atom stereocenters. The van der Waals surface area contributed by atoms with Gasteiger partial charge in [-0.05, 0) is 12.1 Å². The fourth-order valence-corrected chi connectivity index (χ4v) is 3.27. The minimum atomic E-state index is -0.786. The highest BCUT2D eigenvalue weighted by molar-refractivity contribution is 8.04. The summed E-state index contributed by atoms with van der Waals surface area (Å²) in [6.07, 6.45) is 0.538. The Morgan fingerprint density at radius 2 is 1.96 bits per heavy atom.